The lowest BCUT2D eigenvalue weighted by Gasteiger charge is -2.16. The SMILES string of the molecule is COc1ccc(Oc2nc(-c3ccccc3OC)ncc2NC[C@@H]2CCCN2)cc1. The molecule has 0 aliphatic carbocycles. The maximum absolute atomic E-state index is 6.13. The zero-order chi connectivity index (χ0) is 20.8. The van der Waals surface area contributed by atoms with Gasteiger partial charge < -0.3 is 24.8 Å². The van der Waals surface area contributed by atoms with Gasteiger partial charge in [0, 0.05) is 12.6 Å². The number of nitrogens with one attached hydrogen (secondary N) is 2. The zero-order valence-electron chi connectivity index (χ0n) is 17.2. The molecule has 1 saturated heterocycles. The van der Waals surface area contributed by atoms with Crippen LogP contribution in [0.4, 0.5) is 5.69 Å². The molecule has 0 spiro atoms. The van der Waals surface area contributed by atoms with Crippen LogP contribution in [0.3, 0.4) is 0 Å². The summed E-state index contributed by atoms with van der Waals surface area (Å²) in [6.45, 7) is 1.85. The summed E-state index contributed by atoms with van der Waals surface area (Å²) in [5.74, 6) is 3.16. The van der Waals surface area contributed by atoms with Crippen LogP contribution in [0, 0.1) is 0 Å². The van der Waals surface area contributed by atoms with Crippen molar-refractivity contribution >= 4 is 5.69 Å². The molecule has 1 aromatic heterocycles. The van der Waals surface area contributed by atoms with Crippen molar-refractivity contribution in [2.45, 2.75) is 18.9 Å². The van der Waals surface area contributed by atoms with Crippen LogP contribution >= 0.6 is 0 Å². The fourth-order valence-corrected chi connectivity index (χ4v) is 3.44. The van der Waals surface area contributed by atoms with Gasteiger partial charge in [-0.3, -0.25) is 0 Å². The predicted molar refractivity (Wildman–Crippen MR) is 117 cm³/mol. The molecule has 0 saturated carbocycles. The molecule has 30 heavy (non-hydrogen) atoms. The molecule has 1 fully saturated rings. The van der Waals surface area contributed by atoms with Gasteiger partial charge in [-0.15, -0.1) is 0 Å². The Bertz CT molecular complexity index is 972. The topological polar surface area (TPSA) is 77.5 Å². The van der Waals surface area contributed by atoms with Crippen molar-refractivity contribution in [3.63, 3.8) is 0 Å². The number of ether oxygens (including phenoxy) is 3. The molecule has 0 unspecified atom stereocenters. The molecule has 2 heterocycles. The van der Waals surface area contributed by atoms with E-state index in [1.54, 1.807) is 20.4 Å². The second-order valence-electron chi connectivity index (χ2n) is 7.06. The van der Waals surface area contributed by atoms with Crippen LogP contribution in [0.15, 0.2) is 54.7 Å². The molecule has 156 valence electrons. The molecule has 2 aromatic carbocycles. The second kappa shape index (κ2) is 9.45. The van der Waals surface area contributed by atoms with Crippen molar-refractivity contribution < 1.29 is 14.2 Å². The molecule has 1 aliphatic rings. The number of benzene rings is 2. The Kier molecular flexibility index (Phi) is 6.29. The Balaban J connectivity index is 1.64. The van der Waals surface area contributed by atoms with E-state index in [0.29, 0.717) is 29.2 Å². The molecule has 0 amide bonds. The average Bonchev–Trinajstić information content (AvgIpc) is 3.32. The van der Waals surface area contributed by atoms with Gasteiger partial charge in [-0.05, 0) is 55.8 Å². The van der Waals surface area contributed by atoms with E-state index in [2.05, 4.69) is 15.6 Å². The summed E-state index contributed by atoms with van der Waals surface area (Å²) in [5.41, 5.74) is 1.56. The first-order chi connectivity index (χ1) is 14.8. The van der Waals surface area contributed by atoms with Crippen LogP contribution in [-0.2, 0) is 0 Å². The number of rotatable bonds is 8. The Morgan fingerprint density at radius 3 is 2.57 bits per heavy atom. The molecule has 0 radical (unpaired) electrons. The van der Waals surface area contributed by atoms with Gasteiger partial charge in [-0.25, -0.2) is 4.98 Å². The van der Waals surface area contributed by atoms with Gasteiger partial charge in [0.15, 0.2) is 5.82 Å². The number of hydrogen-bond donors (Lipinski definition) is 2. The Morgan fingerprint density at radius 2 is 1.83 bits per heavy atom. The van der Waals surface area contributed by atoms with E-state index in [0.717, 1.165) is 36.5 Å². The molecule has 2 N–H and O–H groups in total. The van der Waals surface area contributed by atoms with E-state index >= 15 is 0 Å². The van der Waals surface area contributed by atoms with Crippen LogP contribution in [-0.4, -0.2) is 43.3 Å². The average molecular weight is 406 g/mol. The molecule has 0 bridgehead atoms. The fraction of sp³-hybridized carbons (Fsp3) is 0.304. The van der Waals surface area contributed by atoms with E-state index in [4.69, 9.17) is 19.2 Å². The third-order valence-corrected chi connectivity index (χ3v) is 5.08. The molecular formula is C23H26N4O3. The normalized spacial score (nSPS) is 15.6. The Morgan fingerprint density at radius 1 is 1.03 bits per heavy atom. The van der Waals surface area contributed by atoms with Gasteiger partial charge in [0.1, 0.15) is 22.9 Å². The van der Waals surface area contributed by atoms with Gasteiger partial charge >= 0.3 is 0 Å². The van der Waals surface area contributed by atoms with Gasteiger partial charge in [0.25, 0.3) is 0 Å². The molecule has 7 nitrogen and oxygen atoms in total. The highest BCUT2D eigenvalue weighted by Crippen LogP contribution is 2.33. The summed E-state index contributed by atoms with van der Waals surface area (Å²) >= 11 is 0. The molecule has 1 aliphatic heterocycles. The Labute approximate surface area is 176 Å². The smallest absolute Gasteiger partial charge is 0.246 e. The summed E-state index contributed by atoms with van der Waals surface area (Å²) in [4.78, 5) is 9.27. The maximum Gasteiger partial charge on any atom is 0.246 e. The van der Waals surface area contributed by atoms with Crippen LogP contribution in [0.25, 0.3) is 11.4 Å². The Hall–Kier alpha value is -3.32. The van der Waals surface area contributed by atoms with Gasteiger partial charge in [-0.1, -0.05) is 12.1 Å². The highest BCUT2D eigenvalue weighted by Gasteiger charge is 2.17. The second-order valence-corrected chi connectivity index (χ2v) is 7.06. The van der Waals surface area contributed by atoms with Crippen LogP contribution < -0.4 is 24.8 Å². The third-order valence-electron chi connectivity index (χ3n) is 5.08. The van der Waals surface area contributed by atoms with E-state index in [1.165, 1.54) is 6.42 Å². The lowest BCUT2D eigenvalue weighted by molar-refractivity contribution is 0.412. The first kappa shape index (κ1) is 20.0. The molecule has 3 aromatic rings. The van der Waals surface area contributed by atoms with Crippen molar-refractivity contribution in [1.82, 2.24) is 15.3 Å². The minimum atomic E-state index is 0.438. The molecule has 7 heteroatoms. The highest BCUT2D eigenvalue weighted by atomic mass is 16.5. The highest BCUT2D eigenvalue weighted by molar-refractivity contribution is 5.66. The molecule has 1 atom stereocenters. The number of aromatic nitrogens is 2. The number of para-hydroxylation sites is 1. The van der Waals surface area contributed by atoms with E-state index in [9.17, 15) is 0 Å². The van der Waals surface area contributed by atoms with Gasteiger partial charge in [-0.2, -0.15) is 4.98 Å². The fourth-order valence-electron chi connectivity index (χ4n) is 3.44. The third kappa shape index (κ3) is 4.63. The van der Waals surface area contributed by atoms with Crippen LogP contribution in [0.1, 0.15) is 12.8 Å². The minimum Gasteiger partial charge on any atom is -0.497 e. The van der Waals surface area contributed by atoms with Crippen molar-refractivity contribution in [2.75, 3.05) is 32.6 Å². The summed E-state index contributed by atoms with van der Waals surface area (Å²) < 4.78 is 16.8. The number of methoxy groups -OCH3 is 2. The van der Waals surface area contributed by atoms with Crippen molar-refractivity contribution in [1.29, 1.82) is 0 Å². The summed E-state index contributed by atoms with van der Waals surface area (Å²) in [5, 5.41) is 6.92. The van der Waals surface area contributed by atoms with Crippen molar-refractivity contribution in [3.05, 3.63) is 54.7 Å². The first-order valence-electron chi connectivity index (χ1n) is 10.1. The van der Waals surface area contributed by atoms with E-state index in [-0.39, 0.29) is 0 Å². The van der Waals surface area contributed by atoms with E-state index < -0.39 is 0 Å². The summed E-state index contributed by atoms with van der Waals surface area (Å²) in [6.07, 6.45) is 4.12. The van der Waals surface area contributed by atoms with Crippen LogP contribution in [0.5, 0.6) is 23.1 Å². The van der Waals surface area contributed by atoms with Crippen LogP contribution in [0.2, 0.25) is 0 Å². The van der Waals surface area contributed by atoms with E-state index in [1.807, 2.05) is 48.5 Å². The largest absolute Gasteiger partial charge is 0.497 e. The number of anilines is 1. The lowest BCUT2D eigenvalue weighted by Crippen LogP contribution is -2.29. The standard InChI is InChI=1S/C23H26N4O3/c1-28-17-9-11-18(12-10-17)30-23-20(25-14-16-6-5-13-24-16)15-26-22(27-23)19-7-3-4-8-21(19)29-2/h3-4,7-12,15-16,24-25H,5-6,13-14H2,1-2H3/t16-/m0/s1. The zero-order valence-corrected chi connectivity index (χ0v) is 17.2. The quantitative estimate of drug-likeness (QED) is 0.583. The first-order valence-corrected chi connectivity index (χ1v) is 10.1. The summed E-state index contributed by atoms with van der Waals surface area (Å²) in [6, 6.07) is 15.5. The molecular weight excluding hydrogens is 380 g/mol. The van der Waals surface area contributed by atoms with Crippen molar-refractivity contribution in [2.24, 2.45) is 0 Å². The summed E-state index contributed by atoms with van der Waals surface area (Å²) in [7, 11) is 3.27. The maximum atomic E-state index is 6.13. The van der Waals surface area contributed by atoms with Crippen molar-refractivity contribution in [3.8, 4) is 34.5 Å². The predicted octanol–water partition coefficient (Wildman–Crippen LogP) is 4.12. The monoisotopic (exact) mass is 406 g/mol. The van der Waals surface area contributed by atoms with Gasteiger partial charge in [0.2, 0.25) is 5.88 Å². The number of hydrogen-bond acceptors (Lipinski definition) is 7. The lowest BCUT2D eigenvalue weighted by atomic mass is 10.2. The minimum absolute atomic E-state index is 0.438. The van der Waals surface area contributed by atoms with Gasteiger partial charge in [0.05, 0.1) is 26.0 Å². The molecule has 4 rings (SSSR count). The number of nitrogens with zero attached hydrogens (tertiary/aromatic N) is 2.